The number of nitrogens with zero attached hydrogens (tertiary/aromatic N) is 1. The summed E-state index contributed by atoms with van der Waals surface area (Å²) >= 11 is 0. The Morgan fingerprint density at radius 3 is 2.33 bits per heavy atom. The minimum absolute atomic E-state index is 0.210. The zero-order chi connectivity index (χ0) is 14.7. The fourth-order valence-electron chi connectivity index (χ4n) is 2.62. The van der Waals surface area contributed by atoms with Crippen LogP contribution in [0.3, 0.4) is 0 Å². The van der Waals surface area contributed by atoms with Crippen LogP contribution in [0.2, 0.25) is 0 Å². The number of hydrogen-bond donors (Lipinski definition) is 1. The summed E-state index contributed by atoms with van der Waals surface area (Å²) in [4.78, 5) is 13.4. The molecule has 1 aliphatic rings. The summed E-state index contributed by atoms with van der Waals surface area (Å²) in [6.07, 6.45) is 0. The van der Waals surface area contributed by atoms with E-state index in [-0.39, 0.29) is 5.56 Å². The minimum Gasteiger partial charge on any atom is -0.491 e. The van der Waals surface area contributed by atoms with E-state index in [0.29, 0.717) is 12.4 Å². The third kappa shape index (κ3) is 3.06. The topological polar surface area (TPSA) is 49.8 Å². The third-order valence-corrected chi connectivity index (χ3v) is 3.69. The van der Waals surface area contributed by atoms with Gasteiger partial charge in [0.1, 0.15) is 17.9 Å². The van der Waals surface area contributed by atoms with Gasteiger partial charge in [-0.3, -0.25) is 4.90 Å². The van der Waals surface area contributed by atoms with Crippen molar-refractivity contribution in [2.24, 2.45) is 0 Å². The van der Waals surface area contributed by atoms with Gasteiger partial charge >= 0.3 is 5.97 Å². The van der Waals surface area contributed by atoms with Crippen LogP contribution in [-0.2, 0) is 13.1 Å². The van der Waals surface area contributed by atoms with Crippen molar-refractivity contribution in [3.8, 4) is 5.75 Å². The zero-order valence-electron chi connectivity index (χ0n) is 11.7. The fourth-order valence-corrected chi connectivity index (χ4v) is 2.62. The highest BCUT2D eigenvalue weighted by Gasteiger charge is 2.18. The molecule has 0 aliphatic carbocycles. The van der Waals surface area contributed by atoms with Crippen molar-refractivity contribution in [3.63, 3.8) is 0 Å². The molecule has 3 rings (SSSR count). The molecule has 0 saturated carbocycles. The maximum atomic E-state index is 11.1. The minimum atomic E-state index is -0.959. The Balaban J connectivity index is 1.55. The number of rotatable bonds is 5. The molecular weight excluding hydrogens is 266 g/mol. The second kappa shape index (κ2) is 5.97. The van der Waals surface area contributed by atoms with Crippen LogP contribution >= 0.6 is 0 Å². The Hall–Kier alpha value is -2.33. The summed E-state index contributed by atoms with van der Waals surface area (Å²) < 4.78 is 5.64. The van der Waals surface area contributed by atoms with Gasteiger partial charge in [-0.25, -0.2) is 4.79 Å². The van der Waals surface area contributed by atoms with Crippen LogP contribution in [0.5, 0.6) is 5.75 Å². The van der Waals surface area contributed by atoms with Gasteiger partial charge in [0.25, 0.3) is 0 Å². The van der Waals surface area contributed by atoms with Gasteiger partial charge in [-0.1, -0.05) is 36.4 Å². The number of ether oxygens (including phenoxy) is 1. The number of hydrogen-bond acceptors (Lipinski definition) is 3. The van der Waals surface area contributed by atoms with Crippen molar-refractivity contribution in [1.29, 1.82) is 0 Å². The van der Waals surface area contributed by atoms with E-state index in [4.69, 9.17) is 9.84 Å². The monoisotopic (exact) mass is 283 g/mol. The number of fused-ring (bicyclic) bond motifs is 1. The largest absolute Gasteiger partial charge is 0.491 e. The molecular formula is C17H17NO3. The maximum Gasteiger partial charge on any atom is 0.339 e. The average molecular weight is 283 g/mol. The number of carboxylic acids is 1. The lowest BCUT2D eigenvalue weighted by atomic mass is 10.1. The molecule has 0 bridgehead atoms. The van der Waals surface area contributed by atoms with E-state index in [9.17, 15) is 4.79 Å². The van der Waals surface area contributed by atoms with Gasteiger partial charge in [0, 0.05) is 19.6 Å². The highest BCUT2D eigenvalue weighted by atomic mass is 16.5. The first-order valence-corrected chi connectivity index (χ1v) is 6.98. The average Bonchev–Trinajstić information content (AvgIpc) is 2.90. The first kappa shape index (κ1) is 13.6. The summed E-state index contributed by atoms with van der Waals surface area (Å²) in [5.41, 5.74) is 2.94. The number of benzene rings is 2. The normalized spacial score (nSPS) is 13.9. The van der Waals surface area contributed by atoms with Crippen LogP contribution in [0.1, 0.15) is 21.5 Å². The molecule has 0 atom stereocenters. The summed E-state index contributed by atoms with van der Waals surface area (Å²) in [6, 6.07) is 15.2. The van der Waals surface area contributed by atoms with Crippen LogP contribution < -0.4 is 4.74 Å². The molecule has 2 aromatic carbocycles. The predicted molar refractivity (Wildman–Crippen MR) is 79.5 cm³/mol. The van der Waals surface area contributed by atoms with Crippen LogP contribution in [0.4, 0.5) is 0 Å². The van der Waals surface area contributed by atoms with Crippen molar-refractivity contribution in [2.75, 3.05) is 13.2 Å². The SMILES string of the molecule is O=C(O)c1ccccc1OCCN1Cc2ccccc2C1. The molecule has 0 amide bonds. The smallest absolute Gasteiger partial charge is 0.339 e. The van der Waals surface area contributed by atoms with Crippen LogP contribution in [0.15, 0.2) is 48.5 Å². The molecule has 0 radical (unpaired) electrons. The molecule has 0 spiro atoms. The molecule has 21 heavy (non-hydrogen) atoms. The molecule has 0 fully saturated rings. The second-order valence-electron chi connectivity index (χ2n) is 5.13. The first-order chi connectivity index (χ1) is 10.2. The Bertz CT molecular complexity index is 629. The molecule has 4 heteroatoms. The number of aromatic carboxylic acids is 1. The predicted octanol–water partition coefficient (Wildman–Crippen LogP) is 2.78. The summed E-state index contributed by atoms with van der Waals surface area (Å²) in [6.45, 7) is 3.13. The lowest BCUT2D eigenvalue weighted by Gasteiger charge is -2.16. The number of carboxylic acid groups (broad SMARTS) is 1. The van der Waals surface area contributed by atoms with Gasteiger partial charge < -0.3 is 9.84 Å². The lowest BCUT2D eigenvalue weighted by Crippen LogP contribution is -2.23. The van der Waals surface area contributed by atoms with Gasteiger partial charge in [0.15, 0.2) is 0 Å². The molecule has 108 valence electrons. The molecule has 0 unspecified atom stereocenters. The highest BCUT2D eigenvalue weighted by Crippen LogP contribution is 2.22. The molecule has 1 aliphatic heterocycles. The van der Waals surface area contributed by atoms with Gasteiger partial charge in [-0.05, 0) is 23.3 Å². The van der Waals surface area contributed by atoms with Crippen molar-refractivity contribution in [1.82, 2.24) is 4.90 Å². The van der Waals surface area contributed by atoms with Gasteiger partial charge in [-0.2, -0.15) is 0 Å². The fraction of sp³-hybridized carbons (Fsp3) is 0.235. The van der Waals surface area contributed by atoms with Crippen LogP contribution in [0.25, 0.3) is 0 Å². The number of carbonyl (C=O) groups is 1. The molecule has 1 heterocycles. The first-order valence-electron chi connectivity index (χ1n) is 6.98. The molecule has 0 saturated heterocycles. The Morgan fingerprint density at radius 2 is 1.67 bits per heavy atom. The van der Waals surface area contributed by atoms with E-state index in [0.717, 1.165) is 19.6 Å². The van der Waals surface area contributed by atoms with Gasteiger partial charge in [0.05, 0.1) is 0 Å². The molecule has 0 aromatic heterocycles. The lowest BCUT2D eigenvalue weighted by molar-refractivity contribution is 0.0691. The number of para-hydroxylation sites is 1. The van der Waals surface area contributed by atoms with Gasteiger partial charge in [-0.15, -0.1) is 0 Å². The molecule has 4 nitrogen and oxygen atoms in total. The Labute approximate surface area is 123 Å². The highest BCUT2D eigenvalue weighted by molar-refractivity contribution is 5.90. The quantitative estimate of drug-likeness (QED) is 0.916. The van der Waals surface area contributed by atoms with Crippen molar-refractivity contribution in [2.45, 2.75) is 13.1 Å². The Morgan fingerprint density at radius 1 is 1.05 bits per heavy atom. The summed E-state index contributed by atoms with van der Waals surface area (Å²) in [7, 11) is 0. The van der Waals surface area contributed by atoms with E-state index in [1.807, 2.05) is 0 Å². The summed E-state index contributed by atoms with van der Waals surface area (Å²) in [5.74, 6) is -0.527. The maximum absolute atomic E-state index is 11.1. The van der Waals surface area contributed by atoms with E-state index >= 15 is 0 Å². The van der Waals surface area contributed by atoms with E-state index in [1.54, 1.807) is 24.3 Å². The van der Waals surface area contributed by atoms with Crippen molar-refractivity contribution < 1.29 is 14.6 Å². The summed E-state index contributed by atoms with van der Waals surface area (Å²) in [5, 5.41) is 9.10. The van der Waals surface area contributed by atoms with Crippen molar-refractivity contribution >= 4 is 5.97 Å². The van der Waals surface area contributed by atoms with E-state index in [2.05, 4.69) is 29.2 Å². The van der Waals surface area contributed by atoms with Crippen molar-refractivity contribution in [3.05, 3.63) is 65.2 Å². The van der Waals surface area contributed by atoms with E-state index < -0.39 is 5.97 Å². The third-order valence-electron chi connectivity index (χ3n) is 3.69. The van der Waals surface area contributed by atoms with Gasteiger partial charge in [0.2, 0.25) is 0 Å². The van der Waals surface area contributed by atoms with Crippen LogP contribution in [0, 0.1) is 0 Å². The Kier molecular flexibility index (Phi) is 3.88. The zero-order valence-corrected chi connectivity index (χ0v) is 11.7. The van der Waals surface area contributed by atoms with Crippen LogP contribution in [-0.4, -0.2) is 29.1 Å². The molecule has 2 aromatic rings. The standard InChI is InChI=1S/C17H17NO3/c19-17(20)15-7-3-4-8-16(15)21-10-9-18-11-13-5-1-2-6-14(13)12-18/h1-8H,9-12H2,(H,19,20). The van der Waals surface area contributed by atoms with E-state index in [1.165, 1.54) is 11.1 Å². The second-order valence-corrected chi connectivity index (χ2v) is 5.13. The molecule has 1 N–H and O–H groups in total.